The molecule has 1 saturated carbocycles. The SMILES string of the molecule is CC(CCCCOCCC(F)(F)C(O)(O)S(=O)(=O)O)CC1CCCC(O)C1. The average Bonchev–Trinajstić information content (AvgIpc) is 2.52. The van der Waals surface area contributed by atoms with Crippen molar-refractivity contribution in [3.63, 3.8) is 0 Å². The highest BCUT2D eigenvalue weighted by molar-refractivity contribution is 7.86. The van der Waals surface area contributed by atoms with Crippen LogP contribution in [0.15, 0.2) is 0 Å². The second-order valence-corrected chi connectivity index (χ2v) is 9.19. The van der Waals surface area contributed by atoms with Gasteiger partial charge in [0.05, 0.1) is 12.7 Å². The molecule has 4 N–H and O–H groups in total. The van der Waals surface area contributed by atoms with Crippen molar-refractivity contribution < 1.29 is 41.8 Å². The fourth-order valence-corrected chi connectivity index (χ4v) is 3.99. The first-order valence-electron chi connectivity index (χ1n) is 9.42. The van der Waals surface area contributed by atoms with E-state index in [1.807, 2.05) is 0 Å². The van der Waals surface area contributed by atoms with Gasteiger partial charge in [0.1, 0.15) is 0 Å². The van der Waals surface area contributed by atoms with Crippen molar-refractivity contribution in [3.05, 3.63) is 0 Å². The Morgan fingerprint density at radius 3 is 2.44 bits per heavy atom. The molecule has 0 aromatic heterocycles. The molecule has 0 aromatic rings. The lowest BCUT2D eigenvalue weighted by Gasteiger charge is -2.28. The van der Waals surface area contributed by atoms with E-state index < -0.39 is 34.2 Å². The molecular weight excluding hydrogens is 386 g/mol. The number of alkyl halides is 2. The van der Waals surface area contributed by atoms with Crippen molar-refractivity contribution in [2.24, 2.45) is 11.8 Å². The minimum atomic E-state index is -5.75. The van der Waals surface area contributed by atoms with E-state index in [0.29, 0.717) is 18.3 Å². The number of hydrogen-bond donors (Lipinski definition) is 4. The van der Waals surface area contributed by atoms with Crippen LogP contribution >= 0.6 is 0 Å². The van der Waals surface area contributed by atoms with E-state index >= 15 is 0 Å². The standard InChI is InChI=1S/C17H32F2O7S/c1-13(11-14-6-4-7-15(20)12-14)5-2-3-9-26-10-8-16(18,19)17(21,22)27(23,24)25/h13-15,20-22H,2-12H2,1H3,(H,23,24,25). The predicted molar refractivity (Wildman–Crippen MR) is 94.7 cm³/mol. The number of rotatable bonds is 12. The number of aliphatic hydroxyl groups is 3. The maximum absolute atomic E-state index is 13.5. The van der Waals surface area contributed by atoms with Crippen molar-refractivity contribution >= 4 is 10.1 Å². The van der Waals surface area contributed by atoms with Gasteiger partial charge >= 0.3 is 21.2 Å². The van der Waals surface area contributed by atoms with E-state index in [1.54, 1.807) is 0 Å². The fourth-order valence-electron chi connectivity index (χ4n) is 3.51. The van der Waals surface area contributed by atoms with Gasteiger partial charge in [0.25, 0.3) is 0 Å². The van der Waals surface area contributed by atoms with Gasteiger partial charge in [-0.25, -0.2) is 0 Å². The van der Waals surface area contributed by atoms with Crippen molar-refractivity contribution in [2.45, 2.75) is 81.9 Å². The van der Waals surface area contributed by atoms with E-state index in [2.05, 4.69) is 6.92 Å². The summed E-state index contributed by atoms with van der Waals surface area (Å²) in [7, 11) is -5.75. The molecule has 162 valence electrons. The molecule has 0 heterocycles. The molecule has 1 aliphatic rings. The summed E-state index contributed by atoms with van der Waals surface area (Å²) in [6.45, 7) is 1.78. The molecule has 10 heteroatoms. The lowest BCUT2D eigenvalue weighted by atomic mass is 9.81. The number of aliphatic hydroxyl groups excluding tert-OH is 1. The van der Waals surface area contributed by atoms with Crippen LogP contribution < -0.4 is 0 Å². The molecule has 1 aliphatic carbocycles. The summed E-state index contributed by atoms with van der Waals surface area (Å²) in [6.07, 6.45) is 6.06. The molecule has 3 atom stereocenters. The zero-order valence-corrected chi connectivity index (χ0v) is 16.5. The van der Waals surface area contributed by atoms with Crippen LogP contribution in [0, 0.1) is 11.8 Å². The summed E-state index contributed by atoms with van der Waals surface area (Å²) in [4.78, 5) is 0. The third kappa shape index (κ3) is 7.86. The molecule has 0 aliphatic heterocycles. The lowest BCUT2D eigenvalue weighted by Crippen LogP contribution is -2.54. The van der Waals surface area contributed by atoms with Crippen LogP contribution in [-0.4, -0.2) is 58.6 Å². The molecule has 1 fully saturated rings. The highest BCUT2D eigenvalue weighted by Gasteiger charge is 2.60. The van der Waals surface area contributed by atoms with Crippen LogP contribution in [0.1, 0.15) is 64.7 Å². The molecule has 7 nitrogen and oxygen atoms in total. The average molecular weight is 418 g/mol. The first kappa shape index (κ1) is 24.6. The second-order valence-electron chi connectivity index (χ2n) is 7.67. The van der Waals surface area contributed by atoms with Gasteiger partial charge in [0, 0.05) is 13.0 Å². The molecule has 0 spiro atoms. The Bertz CT molecular complexity index is 539. The van der Waals surface area contributed by atoms with Gasteiger partial charge in [-0.1, -0.05) is 32.6 Å². The monoisotopic (exact) mass is 418 g/mol. The lowest BCUT2D eigenvalue weighted by molar-refractivity contribution is -0.249. The van der Waals surface area contributed by atoms with Gasteiger partial charge in [-0.15, -0.1) is 0 Å². The van der Waals surface area contributed by atoms with Gasteiger partial charge in [0.15, 0.2) is 0 Å². The van der Waals surface area contributed by atoms with Crippen molar-refractivity contribution in [2.75, 3.05) is 13.2 Å². The quantitative estimate of drug-likeness (QED) is 0.218. The highest BCUT2D eigenvalue weighted by Crippen LogP contribution is 2.34. The van der Waals surface area contributed by atoms with Crippen molar-refractivity contribution in [1.82, 2.24) is 0 Å². The number of ether oxygens (including phenoxy) is 1. The Morgan fingerprint density at radius 1 is 1.19 bits per heavy atom. The van der Waals surface area contributed by atoms with Crippen LogP contribution in [0.25, 0.3) is 0 Å². The number of unbranched alkanes of at least 4 members (excludes halogenated alkanes) is 1. The van der Waals surface area contributed by atoms with Gasteiger partial charge < -0.3 is 20.1 Å². The number of hydrogen-bond acceptors (Lipinski definition) is 6. The van der Waals surface area contributed by atoms with E-state index in [-0.39, 0.29) is 12.7 Å². The molecule has 0 amide bonds. The highest BCUT2D eigenvalue weighted by atomic mass is 32.2. The van der Waals surface area contributed by atoms with Crippen LogP contribution in [0.3, 0.4) is 0 Å². The molecular formula is C17H32F2O7S. The molecule has 0 saturated heterocycles. The summed E-state index contributed by atoms with van der Waals surface area (Å²) in [5, 5.41) is 23.0. The third-order valence-corrected chi connectivity index (χ3v) is 6.14. The summed E-state index contributed by atoms with van der Waals surface area (Å²) in [5.41, 5.74) is 0. The Labute approximate surface area is 159 Å². The van der Waals surface area contributed by atoms with E-state index in [4.69, 9.17) is 19.5 Å². The summed E-state index contributed by atoms with van der Waals surface area (Å²) >= 11 is 0. The minimum Gasteiger partial charge on any atom is -0.393 e. The second kappa shape index (κ2) is 10.4. The van der Waals surface area contributed by atoms with Gasteiger partial charge in [-0.05, 0) is 37.5 Å². The van der Waals surface area contributed by atoms with Crippen LogP contribution in [0.4, 0.5) is 8.78 Å². The first-order chi connectivity index (χ1) is 12.4. The molecule has 1 rings (SSSR count). The molecule has 0 radical (unpaired) electrons. The van der Waals surface area contributed by atoms with Crippen molar-refractivity contribution in [1.29, 1.82) is 0 Å². The molecule has 3 unspecified atom stereocenters. The Balaban J connectivity index is 2.15. The summed E-state index contributed by atoms with van der Waals surface area (Å²) in [6, 6.07) is 0. The Morgan fingerprint density at radius 2 is 1.85 bits per heavy atom. The first-order valence-corrected chi connectivity index (χ1v) is 10.9. The number of halogens is 2. The zero-order valence-electron chi connectivity index (χ0n) is 15.7. The topological polar surface area (TPSA) is 124 Å². The van der Waals surface area contributed by atoms with Crippen LogP contribution in [0.2, 0.25) is 0 Å². The largest absolute Gasteiger partial charge is 0.393 e. The molecule has 0 bridgehead atoms. The molecule has 27 heavy (non-hydrogen) atoms. The normalized spacial score (nSPS) is 23.4. The van der Waals surface area contributed by atoms with E-state index in [0.717, 1.165) is 44.9 Å². The van der Waals surface area contributed by atoms with Crippen LogP contribution in [-0.2, 0) is 14.9 Å². The Hall–Kier alpha value is -0.390. The maximum Gasteiger partial charge on any atom is 0.360 e. The maximum atomic E-state index is 13.5. The zero-order chi connectivity index (χ0) is 20.7. The summed E-state index contributed by atoms with van der Waals surface area (Å²) in [5.74, 6) is -3.40. The van der Waals surface area contributed by atoms with E-state index in [1.165, 1.54) is 0 Å². The minimum absolute atomic E-state index is 0.181. The summed E-state index contributed by atoms with van der Waals surface area (Å²) < 4.78 is 61.7. The van der Waals surface area contributed by atoms with E-state index in [9.17, 15) is 22.3 Å². The van der Waals surface area contributed by atoms with Gasteiger partial charge in [-0.3, -0.25) is 4.55 Å². The third-order valence-electron chi connectivity index (χ3n) is 5.12. The fraction of sp³-hybridized carbons (Fsp3) is 1.00. The van der Waals surface area contributed by atoms with Crippen molar-refractivity contribution in [3.8, 4) is 0 Å². The Kier molecular flexibility index (Phi) is 9.50. The van der Waals surface area contributed by atoms with Crippen LogP contribution in [0.5, 0.6) is 0 Å². The van der Waals surface area contributed by atoms with Gasteiger partial charge in [0.2, 0.25) is 0 Å². The van der Waals surface area contributed by atoms with Gasteiger partial charge in [-0.2, -0.15) is 17.2 Å². The smallest absolute Gasteiger partial charge is 0.360 e. The predicted octanol–water partition coefficient (Wildman–Crippen LogP) is 2.30. The molecule has 0 aromatic carbocycles.